The molecule has 10 heteroatoms. The van der Waals surface area contributed by atoms with Crippen molar-refractivity contribution in [3.05, 3.63) is 71.7 Å². The number of furan rings is 1. The summed E-state index contributed by atoms with van der Waals surface area (Å²) in [7, 11) is 0. The first kappa shape index (κ1) is 20.4. The van der Waals surface area contributed by atoms with Crippen LogP contribution in [0.2, 0.25) is 0 Å². The number of hydrogen-bond donors (Lipinski definition) is 3. The van der Waals surface area contributed by atoms with Gasteiger partial charge in [0.1, 0.15) is 11.3 Å². The molecule has 166 valence electrons. The van der Waals surface area contributed by atoms with Gasteiger partial charge in [0.2, 0.25) is 11.9 Å². The number of para-hydroxylation sites is 2. The van der Waals surface area contributed by atoms with E-state index in [-0.39, 0.29) is 24.3 Å². The number of urea groups is 1. The van der Waals surface area contributed by atoms with Crippen molar-refractivity contribution in [2.24, 2.45) is 0 Å². The molecule has 2 aromatic carbocycles. The number of fused-ring (bicyclic) bond motifs is 1. The van der Waals surface area contributed by atoms with Crippen LogP contribution in [0.15, 0.2) is 59.0 Å². The van der Waals surface area contributed by atoms with Crippen molar-refractivity contribution in [2.45, 2.75) is 25.9 Å². The molecule has 4 N–H and O–H groups in total. The summed E-state index contributed by atoms with van der Waals surface area (Å²) in [4.78, 5) is 39.6. The molecular formula is C23H21N7O3. The van der Waals surface area contributed by atoms with Crippen LogP contribution in [-0.2, 0) is 16.9 Å². The Balaban J connectivity index is 1.41. The van der Waals surface area contributed by atoms with Crippen molar-refractivity contribution in [1.29, 1.82) is 0 Å². The van der Waals surface area contributed by atoms with Gasteiger partial charge in [-0.1, -0.05) is 36.4 Å². The lowest BCUT2D eigenvalue weighted by atomic mass is 9.99. The van der Waals surface area contributed by atoms with E-state index in [1.165, 1.54) is 0 Å². The number of benzene rings is 2. The molecule has 1 saturated heterocycles. The van der Waals surface area contributed by atoms with Crippen LogP contribution < -0.4 is 16.4 Å². The molecule has 0 aliphatic carbocycles. The molecule has 5 rings (SSSR count). The molecule has 1 aliphatic rings. The number of aryl methyl sites for hydroxylation is 1. The molecular weight excluding hydrogens is 422 g/mol. The van der Waals surface area contributed by atoms with Crippen molar-refractivity contribution in [2.75, 3.05) is 11.1 Å². The normalized spacial score (nSPS) is 18.1. The fraction of sp³-hybridized carbons (Fsp3) is 0.174. The van der Waals surface area contributed by atoms with Crippen LogP contribution in [0.1, 0.15) is 24.1 Å². The fourth-order valence-electron chi connectivity index (χ4n) is 3.78. The zero-order valence-corrected chi connectivity index (χ0v) is 18.0. The molecule has 3 heterocycles. The minimum Gasteiger partial charge on any atom is -0.458 e. The maximum atomic E-state index is 13.3. The summed E-state index contributed by atoms with van der Waals surface area (Å²) in [6.07, 6.45) is 0. The number of nitrogens with zero attached hydrogens (tertiary/aromatic N) is 4. The average molecular weight is 443 g/mol. The van der Waals surface area contributed by atoms with E-state index in [1.807, 2.05) is 49.4 Å². The number of imide groups is 1. The molecule has 2 aromatic heterocycles. The molecule has 0 spiro atoms. The summed E-state index contributed by atoms with van der Waals surface area (Å²) in [6, 6.07) is 16.2. The second-order valence-corrected chi connectivity index (χ2v) is 7.97. The third kappa shape index (κ3) is 3.61. The lowest BCUT2D eigenvalue weighted by Gasteiger charge is -2.19. The van der Waals surface area contributed by atoms with Crippen LogP contribution in [-0.4, -0.2) is 31.8 Å². The van der Waals surface area contributed by atoms with Gasteiger partial charge in [0, 0.05) is 11.1 Å². The second-order valence-electron chi connectivity index (χ2n) is 7.97. The highest BCUT2D eigenvalue weighted by Gasteiger charge is 2.51. The number of aromatic nitrogens is 3. The number of nitrogens with two attached hydrogens (primary N) is 1. The van der Waals surface area contributed by atoms with Crippen LogP contribution in [0.25, 0.3) is 11.0 Å². The van der Waals surface area contributed by atoms with Crippen LogP contribution >= 0.6 is 0 Å². The fourth-order valence-corrected chi connectivity index (χ4v) is 3.78. The lowest BCUT2D eigenvalue weighted by molar-refractivity contribution is -0.132. The molecule has 33 heavy (non-hydrogen) atoms. The molecule has 1 atom stereocenters. The minimum atomic E-state index is -1.35. The van der Waals surface area contributed by atoms with E-state index >= 15 is 0 Å². The van der Waals surface area contributed by atoms with Gasteiger partial charge in [-0.3, -0.25) is 9.69 Å². The van der Waals surface area contributed by atoms with E-state index in [0.717, 1.165) is 21.5 Å². The number of rotatable bonds is 5. The Bertz CT molecular complexity index is 1370. The van der Waals surface area contributed by atoms with Crippen molar-refractivity contribution in [1.82, 2.24) is 25.2 Å². The molecule has 1 fully saturated rings. The molecule has 0 bridgehead atoms. The summed E-state index contributed by atoms with van der Waals surface area (Å²) in [5.74, 6) is 0.249. The molecule has 0 radical (unpaired) electrons. The number of hydrogen-bond acceptors (Lipinski definition) is 8. The van der Waals surface area contributed by atoms with Crippen molar-refractivity contribution >= 4 is 40.5 Å². The highest BCUT2D eigenvalue weighted by molar-refractivity contribution is 6.07. The van der Waals surface area contributed by atoms with Crippen LogP contribution in [0, 0.1) is 6.92 Å². The average Bonchev–Trinajstić information content (AvgIpc) is 3.31. The van der Waals surface area contributed by atoms with Gasteiger partial charge in [0.25, 0.3) is 5.91 Å². The van der Waals surface area contributed by atoms with Crippen LogP contribution in [0.3, 0.4) is 0 Å². The van der Waals surface area contributed by atoms with Crippen LogP contribution in [0.5, 0.6) is 0 Å². The van der Waals surface area contributed by atoms with Crippen molar-refractivity contribution in [3.63, 3.8) is 0 Å². The second kappa shape index (κ2) is 7.59. The number of carbonyl (C=O) groups excluding carboxylic acids is 2. The Hall–Kier alpha value is -4.47. The maximum Gasteiger partial charge on any atom is 0.325 e. The quantitative estimate of drug-likeness (QED) is 0.400. The smallest absolute Gasteiger partial charge is 0.325 e. The van der Waals surface area contributed by atoms with Crippen LogP contribution in [0.4, 0.5) is 22.4 Å². The van der Waals surface area contributed by atoms with E-state index < -0.39 is 17.5 Å². The molecule has 1 aliphatic heterocycles. The van der Waals surface area contributed by atoms with Gasteiger partial charge in [0.15, 0.2) is 11.4 Å². The van der Waals surface area contributed by atoms with Crippen molar-refractivity contribution in [3.8, 4) is 0 Å². The summed E-state index contributed by atoms with van der Waals surface area (Å²) in [6.45, 7) is 3.38. The Morgan fingerprint density at radius 1 is 1.09 bits per heavy atom. The maximum absolute atomic E-state index is 13.3. The highest BCUT2D eigenvalue weighted by Crippen LogP contribution is 2.33. The Morgan fingerprint density at radius 2 is 1.85 bits per heavy atom. The first-order valence-corrected chi connectivity index (χ1v) is 10.3. The number of carbonyl (C=O) groups is 2. The van der Waals surface area contributed by atoms with E-state index in [2.05, 4.69) is 25.6 Å². The summed E-state index contributed by atoms with van der Waals surface area (Å²) >= 11 is 0. The number of anilines is 3. The number of amides is 3. The van der Waals surface area contributed by atoms with E-state index in [9.17, 15) is 9.59 Å². The van der Waals surface area contributed by atoms with Gasteiger partial charge >= 0.3 is 6.03 Å². The predicted molar refractivity (Wildman–Crippen MR) is 121 cm³/mol. The minimum absolute atomic E-state index is 0.0248. The standard InChI is InChI=1S/C23H21N7O3/c1-13-7-3-5-9-15(13)25-21-27-18(26-20(24)28-21)12-30-19(31)23(2,29-22(30)32)17-11-14-8-4-6-10-16(14)33-17/h3-11H,12H2,1-2H3,(H,29,32)(H3,24,25,26,27,28). The first-order chi connectivity index (χ1) is 15.8. The predicted octanol–water partition coefficient (Wildman–Crippen LogP) is 3.22. The van der Waals surface area contributed by atoms with E-state index in [4.69, 9.17) is 10.2 Å². The van der Waals surface area contributed by atoms with Gasteiger partial charge in [-0.15, -0.1) is 0 Å². The summed E-state index contributed by atoms with van der Waals surface area (Å²) in [5, 5.41) is 6.67. The number of nitrogen functional groups attached to an aromatic ring is 1. The first-order valence-electron chi connectivity index (χ1n) is 10.3. The van der Waals surface area contributed by atoms with Gasteiger partial charge in [-0.2, -0.15) is 15.0 Å². The van der Waals surface area contributed by atoms with E-state index in [0.29, 0.717) is 11.3 Å². The van der Waals surface area contributed by atoms with Gasteiger partial charge in [-0.05, 0) is 37.6 Å². The van der Waals surface area contributed by atoms with Gasteiger partial charge in [0.05, 0.1) is 6.54 Å². The molecule has 0 saturated carbocycles. The zero-order chi connectivity index (χ0) is 23.2. The summed E-state index contributed by atoms with van der Waals surface area (Å²) < 4.78 is 5.85. The molecule has 10 nitrogen and oxygen atoms in total. The molecule has 4 aromatic rings. The monoisotopic (exact) mass is 443 g/mol. The lowest BCUT2D eigenvalue weighted by Crippen LogP contribution is -2.40. The third-order valence-electron chi connectivity index (χ3n) is 5.58. The summed E-state index contributed by atoms with van der Waals surface area (Å²) in [5.41, 5.74) is 6.94. The Labute approximate surface area is 188 Å². The van der Waals surface area contributed by atoms with Gasteiger partial charge < -0.3 is 20.8 Å². The SMILES string of the molecule is Cc1ccccc1Nc1nc(N)nc(CN2C(=O)NC(C)(c3cc4ccccc4o3)C2=O)n1. The van der Waals surface area contributed by atoms with E-state index in [1.54, 1.807) is 19.1 Å². The Morgan fingerprint density at radius 3 is 2.64 bits per heavy atom. The third-order valence-corrected chi connectivity index (χ3v) is 5.58. The largest absolute Gasteiger partial charge is 0.458 e. The topological polar surface area (TPSA) is 139 Å². The zero-order valence-electron chi connectivity index (χ0n) is 18.0. The highest BCUT2D eigenvalue weighted by atomic mass is 16.3. The molecule has 1 unspecified atom stereocenters. The Kier molecular flexibility index (Phi) is 4.70. The van der Waals surface area contributed by atoms with Gasteiger partial charge in [-0.25, -0.2) is 4.79 Å². The number of nitrogens with one attached hydrogen (secondary N) is 2. The van der Waals surface area contributed by atoms with Crippen molar-refractivity contribution < 1.29 is 14.0 Å². The molecule has 3 amide bonds.